The number of carbonyl (C=O) groups is 1. The number of hydrogen-bond donors (Lipinski definition) is 1. The van der Waals surface area contributed by atoms with Crippen molar-refractivity contribution in [1.29, 1.82) is 0 Å². The van der Waals surface area contributed by atoms with Crippen molar-refractivity contribution >= 4 is 5.97 Å². The van der Waals surface area contributed by atoms with E-state index in [0.717, 1.165) is 42.1 Å². The number of benzene rings is 1. The van der Waals surface area contributed by atoms with E-state index in [0.29, 0.717) is 13.0 Å². The molecule has 1 rings (SSSR count). The maximum atomic E-state index is 11.2. The Morgan fingerprint density at radius 3 is 2.48 bits per heavy atom. The molecule has 0 atom stereocenters. The van der Waals surface area contributed by atoms with Crippen LogP contribution in [0.3, 0.4) is 0 Å². The topological polar surface area (TPSA) is 56.8 Å². The highest BCUT2D eigenvalue weighted by molar-refractivity contribution is 5.69. The SMILES string of the molecule is CCOC(=O)CCCNCc1cc(OC)c(OC)cc1C. The van der Waals surface area contributed by atoms with Crippen molar-refractivity contribution in [2.75, 3.05) is 27.4 Å². The third kappa shape index (κ3) is 5.63. The summed E-state index contributed by atoms with van der Waals surface area (Å²) in [6.07, 6.45) is 1.22. The van der Waals surface area contributed by atoms with Crippen LogP contribution in [-0.2, 0) is 16.1 Å². The Bertz CT molecular complexity index is 460. The van der Waals surface area contributed by atoms with Gasteiger partial charge in [-0.2, -0.15) is 0 Å². The Balaban J connectivity index is 2.43. The molecule has 0 aliphatic carbocycles. The van der Waals surface area contributed by atoms with Crippen LogP contribution in [-0.4, -0.2) is 33.3 Å². The summed E-state index contributed by atoms with van der Waals surface area (Å²) in [5.41, 5.74) is 2.30. The average Bonchev–Trinajstić information content (AvgIpc) is 2.48. The number of hydrogen-bond acceptors (Lipinski definition) is 5. The highest BCUT2D eigenvalue weighted by Gasteiger charge is 2.08. The first-order valence-electron chi connectivity index (χ1n) is 7.20. The summed E-state index contributed by atoms with van der Waals surface area (Å²) in [7, 11) is 3.26. The van der Waals surface area contributed by atoms with Gasteiger partial charge >= 0.3 is 5.97 Å². The Morgan fingerprint density at radius 2 is 1.86 bits per heavy atom. The summed E-state index contributed by atoms with van der Waals surface area (Å²) in [6, 6.07) is 3.95. The lowest BCUT2D eigenvalue weighted by molar-refractivity contribution is -0.143. The smallest absolute Gasteiger partial charge is 0.305 e. The molecular formula is C16H25NO4. The molecule has 0 saturated heterocycles. The second-order valence-electron chi connectivity index (χ2n) is 4.72. The Hall–Kier alpha value is -1.75. The van der Waals surface area contributed by atoms with Crippen LogP contribution in [0.15, 0.2) is 12.1 Å². The molecule has 0 aromatic heterocycles. The minimum atomic E-state index is -0.137. The molecule has 0 bridgehead atoms. The maximum Gasteiger partial charge on any atom is 0.305 e. The summed E-state index contributed by atoms with van der Waals surface area (Å²) in [4.78, 5) is 11.2. The molecule has 1 N–H and O–H groups in total. The Labute approximate surface area is 126 Å². The second-order valence-corrected chi connectivity index (χ2v) is 4.72. The van der Waals surface area contributed by atoms with Gasteiger partial charge in [0.05, 0.1) is 20.8 Å². The predicted molar refractivity (Wildman–Crippen MR) is 81.9 cm³/mol. The minimum absolute atomic E-state index is 0.137. The largest absolute Gasteiger partial charge is 0.493 e. The van der Waals surface area contributed by atoms with Gasteiger partial charge in [0.1, 0.15) is 0 Å². The van der Waals surface area contributed by atoms with E-state index in [4.69, 9.17) is 14.2 Å². The van der Waals surface area contributed by atoms with E-state index in [2.05, 4.69) is 5.32 Å². The van der Waals surface area contributed by atoms with Crippen molar-refractivity contribution in [2.45, 2.75) is 33.2 Å². The number of rotatable bonds is 9. The van der Waals surface area contributed by atoms with Crippen LogP contribution in [0.25, 0.3) is 0 Å². The zero-order chi connectivity index (χ0) is 15.7. The van der Waals surface area contributed by atoms with Gasteiger partial charge in [-0.3, -0.25) is 4.79 Å². The molecule has 0 unspecified atom stereocenters. The number of methoxy groups -OCH3 is 2. The normalized spacial score (nSPS) is 10.3. The van der Waals surface area contributed by atoms with Gasteiger partial charge in [0.25, 0.3) is 0 Å². The van der Waals surface area contributed by atoms with Crippen molar-refractivity contribution in [3.05, 3.63) is 23.3 Å². The van der Waals surface area contributed by atoms with Gasteiger partial charge in [-0.25, -0.2) is 0 Å². The van der Waals surface area contributed by atoms with E-state index in [1.165, 1.54) is 0 Å². The lowest BCUT2D eigenvalue weighted by Crippen LogP contribution is -2.17. The van der Waals surface area contributed by atoms with Gasteiger partial charge in [0.2, 0.25) is 0 Å². The number of nitrogens with one attached hydrogen (secondary N) is 1. The van der Waals surface area contributed by atoms with Crippen LogP contribution in [0.2, 0.25) is 0 Å². The third-order valence-electron chi connectivity index (χ3n) is 3.20. The molecule has 1 aromatic rings. The molecule has 1 aromatic carbocycles. The van der Waals surface area contributed by atoms with Crippen molar-refractivity contribution in [1.82, 2.24) is 5.32 Å². The molecule has 0 aliphatic rings. The molecule has 0 radical (unpaired) electrons. The van der Waals surface area contributed by atoms with E-state index in [1.807, 2.05) is 26.0 Å². The number of carbonyl (C=O) groups excluding carboxylic acids is 1. The molecule has 118 valence electrons. The van der Waals surface area contributed by atoms with Gasteiger partial charge in [0, 0.05) is 13.0 Å². The molecule has 0 spiro atoms. The fourth-order valence-electron chi connectivity index (χ4n) is 2.03. The highest BCUT2D eigenvalue weighted by atomic mass is 16.5. The number of ether oxygens (including phenoxy) is 3. The fraction of sp³-hybridized carbons (Fsp3) is 0.562. The van der Waals surface area contributed by atoms with Gasteiger partial charge < -0.3 is 19.5 Å². The van der Waals surface area contributed by atoms with E-state index >= 15 is 0 Å². The first kappa shape index (κ1) is 17.3. The van der Waals surface area contributed by atoms with Gasteiger partial charge in [0.15, 0.2) is 11.5 Å². The summed E-state index contributed by atoms with van der Waals surface area (Å²) >= 11 is 0. The van der Waals surface area contributed by atoms with Gasteiger partial charge in [-0.05, 0) is 50.1 Å². The fourth-order valence-corrected chi connectivity index (χ4v) is 2.03. The van der Waals surface area contributed by atoms with Crippen LogP contribution in [0.1, 0.15) is 30.9 Å². The second kappa shape index (κ2) is 9.23. The molecule has 5 heteroatoms. The molecule has 21 heavy (non-hydrogen) atoms. The van der Waals surface area contributed by atoms with E-state index in [1.54, 1.807) is 14.2 Å². The molecular weight excluding hydrogens is 270 g/mol. The lowest BCUT2D eigenvalue weighted by atomic mass is 10.1. The monoisotopic (exact) mass is 295 g/mol. The number of aryl methyl sites for hydroxylation is 1. The Morgan fingerprint density at radius 1 is 1.19 bits per heavy atom. The van der Waals surface area contributed by atoms with E-state index < -0.39 is 0 Å². The standard InChI is InChI=1S/C16H25NO4/c1-5-21-16(18)7-6-8-17-11-13-10-15(20-4)14(19-3)9-12(13)2/h9-10,17H,5-8,11H2,1-4H3. The van der Waals surface area contributed by atoms with Crippen molar-refractivity contribution < 1.29 is 19.0 Å². The zero-order valence-electron chi connectivity index (χ0n) is 13.3. The molecule has 5 nitrogen and oxygen atoms in total. The quantitative estimate of drug-likeness (QED) is 0.560. The molecule has 0 fully saturated rings. The van der Waals surface area contributed by atoms with Crippen molar-refractivity contribution in [2.24, 2.45) is 0 Å². The molecule has 0 saturated carbocycles. The summed E-state index contributed by atoms with van der Waals surface area (Å²) in [5.74, 6) is 1.33. The van der Waals surface area contributed by atoms with Gasteiger partial charge in [-0.1, -0.05) is 0 Å². The van der Waals surface area contributed by atoms with Crippen LogP contribution >= 0.6 is 0 Å². The molecule has 0 amide bonds. The summed E-state index contributed by atoms with van der Waals surface area (Å²) in [5, 5.41) is 3.32. The van der Waals surface area contributed by atoms with Crippen molar-refractivity contribution in [3.8, 4) is 11.5 Å². The van der Waals surface area contributed by atoms with Crippen LogP contribution in [0, 0.1) is 6.92 Å². The average molecular weight is 295 g/mol. The van der Waals surface area contributed by atoms with Crippen LogP contribution in [0.4, 0.5) is 0 Å². The Kier molecular flexibility index (Phi) is 7.61. The summed E-state index contributed by atoms with van der Waals surface area (Å²) in [6.45, 7) is 5.80. The maximum absolute atomic E-state index is 11.2. The first-order valence-corrected chi connectivity index (χ1v) is 7.20. The minimum Gasteiger partial charge on any atom is -0.493 e. The van der Waals surface area contributed by atoms with Crippen LogP contribution < -0.4 is 14.8 Å². The number of esters is 1. The van der Waals surface area contributed by atoms with Crippen LogP contribution in [0.5, 0.6) is 11.5 Å². The first-order chi connectivity index (χ1) is 10.1. The third-order valence-corrected chi connectivity index (χ3v) is 3.20. The predicted octanol–water partition coefficient (Wildman–Crippen LogP) is 2.45. The van der Waals surface area contributed by atoms with Crippen molar-refractivity contribution in [3.63, 3.8) is 0 Å². The molecule has 0 heterocycles. The lowest BCUT2D eigenvalue weighted by Gasteiger charge is -2.13. The van der Waals surface area contributed by atoms with E-state index in [-0.39, 0.29) is 5.97 Å². The zero-order valence-corrected chi connectivity index (χ0v) is 13.3. The van der Waals surface area contributed by atoms with E-state index in [9.17, 15) is 4.79 Å². The summed E-state index contributed by atoms with van der Waals surface area (Å²) < 4.78 is 15.5. The highest BCUT2D eigenvalue weighted by Crippen LogP contribution is 2.30. The van der Waals surface area contributed by atoms with Gasteiger partial charge in [-0.15, -0.1) is 0 Å². The molecule has 0 aliphatic heterocycles.